The lowest BCUT2D eigenvalue weighted by Gasteiger charge is -2.12. The van der Waals surface area contributed by atoms with E-state index < -0.39 is 0 Å². The minimum absolute atomic E-state index is 0.578. The predicted molar refractivity (Wildman–Crippen MR) is 124 cm³/mol. The average molecular weight is 397 g/mol. The van der Waals surface area contributed by atoms with Crippen LogP contribution in [0.15, 0.2) is 55.0 Å². The smallest absolute Gasteiger partial charge is 0.220 e. The van der Waals surface area contributed by atoms with E-state index in [1.165, 1.54) is 38.7 Å². The number of pyridine rings is 1. The molecule has 152 valence electrons. The van der Waals surface area contributed by atoms with Gasteiger partial charge < -0.3 is 0 Å². The third kappa shape index (κ3) is 3.85. The lowest BCUT2D eigenvalue weighted by Crippen LogP contribution is -2.30. The van der Waals surface area contributed by atoms with E-state index >= 15 is 0 Å². The highest BCUT2D eigenvalue weighted by Crippen LogP contribution is 2.32. The van der Waals surface area contributed by atoms with Crippen molar-refractivity contribution in [2.24, 2.45) is 13.0 Å². The van der Waals surface area contributed by atoms with Gasteiger partial charge in [0.15, 0.2) is 6.20 Å². The Morgan fingerprint density at radius 2 is 1.73 bits per heavy atom. The molecule has 0 spiro atoms. The van der Waals surface area contributed by atoms with Gasteiger partial charge in [0.2, 0.25) is 5.69 Å². The number of fused-ring (bicyclic) bond motifs is 1. The number of rotatable bonds is 4. The minimum atomic E-state index is 0.578. The molecule has 0 aliphatic heterocycles. The van der Waals surface area contributed by atoms with Crippen LogP contribution in [0.1, 0.15) is 36.2 Å². The Morgan fingerprint density at radius 3 is 2.43 bits per heavy atom. The number of hydrogen-bond donors (Lipinski definition) is 0. The summed E-state index contributed by atoms with van der Waals surface area (Å²) in [5.74, 6) is 0.578. The predicted octanol–water partition coefficient (Wildman–Crippen LogP) is 5.91. The fraction of sp³-hybridized carbons (Fsp3) is 0.296. The minimum Gasteiger partial charge on any atom is -0.257 e. The van der Waals surface area contributed by atoms with Gasteiger partial charge in [-0.3, -0.25) is 9.97 Å². The van der Waals surface area contributed by atoms with Crippen molar-refractivity contribution in [3.05, 3.63) is 77.4 Å². The maximum Gasteiger partial charge on any atom is 0.220 e. The number of aromatic nitrogens is 3. The Kier molecular flexibility index (Phi) is 5.38. The quantitative estimate of drug-likeness (QED) is 0.401. The van der Waals surface area contributed by atoms with Gasteiger partial charge in [0, 0.05) is 17.8 Å². The van der Waals surface area contributed by atoms with Crippen LogP contribution in [0.4, 0.5) is 0 Å². The van der Waals surface area contributed by atoms with Gasteiger partial charge in [-0.2, -0.15) is 0 Å². The van der Waals surface area contributed by atoms with E-state index in [1.54, 1.807) is 0 Å². The molecule has 2 aromatic heterocycles. The second kappa shape index (κ2) is 7.98. The zero-order valence-corrected chi connectivity index (χ0v) is 18.8. The third-order valence-corrected chi connectivity index (χ3v) is 5.82. The molecule has 30 heavy (non-hydrogen) atoms. The van der Waals surface area contributed by atoms with Crippen LogP contribution in [0.5, 0.6) is 0 Å². The lowest BCUT2D eigenvalue weighted by atomic mass is 9.94. The molecule has 0 atom stereocenters. The normalized spacial score (nSPS) is 11.4. The molecule has 2 heterocycles. The average Bonchev–Trinajstić information content (AvgIpc) is 2.71. The van der Waals surface area contributed by atoms with Gasteiger partial charge in [0.25, 0.3) is 0 Å². The molecule has 2 aromatic carbocycles. The van der Waals surface area contributed by atoms with Crippen LogP contribution < -0.4 is 4.57 Å². The molecule has 0 aliphatic rings. The van der Waals surface area contributed by atoms with Gasteiger partial charge in [0.05, 0.1) is 28.5 Å². The third-order valence-electron chi connectivity index (χ3n) is 5.82. The second-order valence-electron chi connectivity index (χ2n) is 8.82. The van der Waals surface area contributed by atoms with Gasteiger partial charge in [-0.05, 0) is 61.8 Å². The Hall–Kier alpha value is -3.07. The summed E-state index contributed by atoms with van der Waals surface area (Å²) in [6, 6.07) is 13.3. The molecule has 3 nitrogen and oxygen atoms in total. The standard InChI is InChI=1S/C27H30N3/c1-17(2)11-23-15-29-26(16-28-23)22-8-7-21-9-10-30(6)27(25(21)14-22)24-13-18(3)12-19(4)20(24)5/h7-10,12-17H,11H2,1-6H3/q+1. The lowest BCUT2D eigenvalue weighted by molar-refractivity contribution is -0.659. The first-order valence-electron chi connectivity index (χ1n) is 10.7. The molecule has 0 radical (unpaired) electrons. The van der Waals surface area contributed by atoms with E-state index in [-0.39, 0.29) is 0 Å². The van der Waals surface area contributed by atoms with Gasteiger partial charge in [-0.1, -0.05) is 37.6 Å². The molecule has 0 fully saturated rings. The number of nitrogens with zero attached hydrogens (tertiary/aromatic N) is 3. The molecule has 0 bridgehead atoms. The monoisotopic (exact) mass is 396 g/mol. The van der Waals surface area contributed by atoms with E-state index in [0.29, 0.717) is 5.92 Å². The van der Waals surface area contributed by atoms with Crippen molar-refractivity contribution in [3.8, 4) is 22.5 Å². The van der Waals surface area contributed by atoms with Crippen LogP contribution in [-0.4, -0.2) is 9.97 Å². The summed E-state index contributed by atoms with van der Waals surface area (Å²) in [6.45, 7) is 11.0. The fourth-order valence-electron chi connectivity index (χ4n) is 4.17. The van der Waals surface area contributed by atoms with Crippen LogP contribution in [0.25, 0.3) is 33.3 Å². The molecule has 0 N–H and O–H groups in total. The van der Waals surface area contributed by atoms with Crippen LogP contribution >= 0.6 is 0 Å². The first kappa shape index (κ1) is 20.2. The zero-order chi connectivity index (χ0) is 21.4. The van der Waals surface area contributed by atoms with Crippen molar-refractivity contribution >= 4 is 10.8 Å². The molecular weight excluding hydrogens is 366 g/mol. The Balaban J connectivity index is 1.88. The van der Waals surface area contributed by atoms with E-state index in [2.05, 4.69) is 93.8 Å². The molecule has 0 aliphatic carbocycles. The first-order chi connectivity index (χ1) is 14.3. The molecular formula is C27H30N3+. The SMILES string of the molecule is Cc1cc(C)c(C)c(-c2c3cc(-c4cnc(CC(C)C)cn4)ccc3cc[n+]2C)c1. The van der Waals surface area contributed by atoms with Crippen LogP contribution in [0.3, 0.4) is 0 Å². The number of benzene rings is 2. The highest BCUT2D eigenvalue weighted by atomic mass is 14.9. The second-order valence-corrected chi connectivity index (χ2v) is 8.82. The van der Waals surface area contributed by atoms with Crippen molar-refractivity contribution in [1.29, 1.82) is 0 Å². The van der Waals surface area contributed by atoms with E-state index in [0.717, 1.165) is 23.4 Å². The highest BCUT2D eigenvalue weighted by Gasteiger charge is 2.19. The molecule has 0 amide bonds. The van der Waals surface area contributed by atoms with Gasteiger partial charge >= 0.3 is 0 Å². The Labute approximate surface area is 179 Å². The summed E-state index contributed by atoms with van der Waals surface area (Å²) in [5.41, 5.74) is 9.52. The summed E-state index contributed by atoms with van der Waals surface area (Å²) < 4.78 is 2.23. The van der Waals surface area contributed by atoms with Gasteiger partial charge in [-0.25, -0.2) is 4.57 Å². The molecule has 0 saturated heterocycles. The Morgan fingerprint density at radius 1 is 0.933 bits per heavy atom. The van der Waals surface area contributed by atoms with Gasteiger partial charge in [-0.15, -0.1) is 0 Å². The van der Waals surface area contributed by atoms with Gasteiger partial charge in [0.1, 0.15) is 7.05 Å². The maximum absolute atomic E-state index is 4.71. The summed E-state index contributed by atoms with van der Waals surface area (Å²) in [6.07, 6.45) is 6.93. The van der Waals surface area contributed by atoms with Crippen molar-refractivity contribution in [2.45, 2.75) is 41.0 Å². The van der Waals surface area contributed by atoms with Crippen molar-refractivity contribution in [2.75, 3.05) is 0 Å². The Bertz CT molecular complexity index is 1220. The summed E-state index contributed by atoms with van der Waals surface area (Å²) in [7, 11) is 2.12. The maximum atomic E-state index is 4.71. The molecule has 3 heteroatoms. The molecule has 4 rings (SSSR count). The number of aryl methyl sites for hydroxylation is 3. The first-order valence-corrected chi connectivity index (χ1v) is 10.7. The van der Waals surface area contributed by atoms with Crippen molar-refractivity contribution < 1.29 is 4.57 Å². The van der Waals surface area contributed by atoms with E-state index in [4.69, 9.17) is 4.98 Å². The highest BCUT2D eigenvalue weighted by molar-refractivity contribution is 5.96. The van der Waals surface area contributed by atoms with Crippen LogP contribution in [-0.2, 0) is 13.5 Å². The summed E-state index contributed by atoms with van der Waals surface area (Å²) >= 11 is 0. The fourth-order valence-corrected chi connectivity index (χ4v) is 4.17. The topological polar surface area (TPSA) is 29.7 Å². The van der Waals surface area contributed by atoms with Crippen LogP contribution in [0, 0.1) is 26.7 Å². The molecule has 0 saturated carbocycles. The van der Waals surface area contributed by atoms with E-state index in [1.807, 2.05) is 12.4 Å². The molecule has 4 aromatic rings. The molecule has 0 unspecified atom stereocenters. The largest absolute Gasteiger partial charge is 0.257 e. The van der Waals surface area contributed by atoms with Crippen molar-refractivity contribution in [3.63, 3.8) is 0 Å². The zero-order valence-electron chi connectivity index (χ0n) is 18.8. The number of hydrogen-bond acceptors (Lipinski definition) is 2. The van der Waals surface area contributed by atoms with Crippen molar-refractivity contribution in [1.82, 2.24) is 9.97 Å². The summed E-state index contributed by atoms with van der Waals surface area (Å²) in [5, 5.41) is 2.47. The summed E-state index contributed by atoms with van der Waals surface area (Å²) in [4.78, 5) is 9.35. The van der Waals surface area contributed by atoms with Crippen LogP contribution in [0.2, 0.25) is 0 Å². The van der Waals surface area contributed by atoms with E-state index in [9.17, 15) is 0 Å².